The fourth-order valence-corrected chi connectivity index (χ4v) is 2.16. The predicted octanol–water partition coefficient (Wildman–Crippen LogP) is 2.27. The average molecular weight is 313 g/mol. The van der Waals surface area contributed by atoms with Gasteiger partial charge in [0.05, 0.1) is 13.2 Å². The number of primary amides is 1. The molecule has 0 aliphatic rings. The molecule has 0 aromatic heterocycles. The molecule has 1 atom stereocenters. The number of benzene rings is 2. The zero-order valence-electron chi connectivity index (χ0n) is 13.5. The molecule has 0 radical (unpaired) electrons. The lowest BCUT2D eigenvalue weighted by Crippen LogP contribution is -2.38. The van der Waals surface area contributed by atoms with E-state index in [9.17, 15) is 4.79 Å². The molecule has 4 N–H and O–H groups in total. The van der Waals surface area contributed by atoms with Crippen LogP contribution >= 0.6 is 0 Å². The van der Waals surface area contributed by atoms with Gasteiger partial charge in [0, 0.05) is 24.3 Å². The third-order valence-corrected chi connectivity index (χ3v) is 3.67. The molecular formula is C18H23N3O2. The lowest BCUT2D eigenvalue weighted by atomic mass is 10.1. The molecule has 1 amide bonds. The van der Waals surface area contributed by atoms with E-state index < -0.39 is 0 Å². The Bertz CT molecular complexity index is 641. The van der Waals surface area contributed by atoms with E-state index in [1.165, 1.54) is 0 Å². The number of nitrogens with one attached hydrogen (secondary N) is 2. The van der Waals surface area contributed by atoms with E-state index in [1.54, 1.807) is 14.0 Å². The first-order valence-corrected chi connectivity index (χ1v) is 7.57. The van der Waals surface area contributed by atoms with Crippen LogP contribution in [0, 0.1) is 0 Å². The van der Waals surface area contributed by atoms with Gasteiger partial charge in [0.2, 0.25) is 5.91 Å². The van der Waals surface area contributed by atoms with Gasteiger partial charge in [-0.3, -0.25) is 4.79 Å². The molecule has 5 heteroatoms. The largest absolute Gasteiger partial charge is 0.496 e. The summed E-state index contributed by atoms with van der Waals surface area (Å²) in [6, 6.07) is 15.7. The Morgan fingerprint density at radius 2 is 1.83 bits per heavy atom. The van der Waals surface area contributed by atoms with E-state index >= 15 is 0 Å². The van der Waals surface area contributed by atoms with Crippen molar-refractivity contribution in [3.8, 4) is 5.75 Å². The number of rotatable bonds is 8. The summed E-state index contributed by atoms with van der Waals surface area (Å²) >= 11 is 0. The van der Waals surface area contributed by atoms with E-state index in [0.29, 0.717) is 13.1 Å². The highest BCUT2D eigenvalue weighted by Crippen LogP contribution is 2.19. The summed E-state index contributed by atoms with van der Waals surface area (Å²) < 4.78 is 5.34. The van der Waals surface area contributed by atoms with Crippen molar-refractivity contribution in [2.45, 2.75) is 26.1 Å². The maximum absolute atomic E-state index is 11.0. The fraction of sp³-hybridized carbons (Fsp3) is 0.278. The third kappa shape index (κ3) is 5.00. The van der Waals surface area contributed by atoms with Crippen molar-refractivity contribution in [2.75, 3.05) is 12.4 Å². The molecule has 0 aliphatic heterocycles. The fourth-order valence-electron chi connectivity index (χ4n) is 2.16. The number of amides is 1. The van der Waals surface area contributed by atoms with E-state index in [-0.39, 0.29) is 11.9 Å². The number of ether oxygens (including phenoxy) is 1. The number of para-hydroxylation sites is 1. The first-order chi connectivity index (χ1) is 11.1. The van der Waals surface area contributed by atoms with Crippen molar-refractivity contribution in [2.24, 2.45) is 5.73 Å². The molecule has 2 aromatic carbocycles. The molecule has 0 fully saturated rings. The van der Waals surface area contributed by atoms with E-state index in [4.69, 9.17) is 10.5 Å². The van der Waals surface area contributed by atoms with Gasteiger partial charge in [-0.05, 0) is 30.7 Å². The minimum absolute atomic E-state index is 0.335. The van der Waals surface area contributed by atoms with Gasteiger partial charge in [0.25, 0.3) is 0 Å². The quantitative estimate of drug-likeness (QED) is 0.699. The van der Waals surface area contributed by atoms with Gasteiger partial charge < -0.3 is 21.1 Å². The SMILES string of the molecule is COc1ccccc1CNc1ccc(CNC(C)C(N)=O)cc1. The van der Waals surface area contributed by atoms with Crippen LogP contribution in [0.25, 0.3) is 0 Å². The maximum atomic E-state index is 11.0. The number of anilines is 1. The van der Waals surface area contributed by atoms with Crippen LogP contribution in [0.4, 0.5) is 5.69 Å². The molecule has 1 unspecified atom stereocenters. The van der Waals surface area contributed by atoms with Crippen LogP contribution in [0.2, 0.25) is 0 Å². The van der Waals surface area contributed by atoms with Gasteiger partial charge in [-0.1, -0.05) is 30.3 Å². The van der Waals surface area contributed by atoms with Crippen LogP contribution in [0.1, 0.15) is 18.1 Å². The van der Waals surface area contributed by atoms with Crippen LogP contribution < -0.4 is 21.1 Å². The normalized spacial score (nSPS) is 11.7. The smallest absolute Gasteiger partial charge is 0.234 e. The van der Waals surface area contributed by atoms with Crippen LogP contribution in [0.5, 0.6) is 5.75 Å². The van der Waals surface area contributed by atoms with Crippen molar-refractivity contribution in [1.82, 2.24) is 5.32 Å². The maximum Gasteiger partial charge on any atom is 0.234 e. The second-order valence-corrected chi connectivity index (χ2v) is 5.37. The van der Waals surface area contributed by atoms with Crippen molar-refractivity contribution in [3.63, 3.8) is 0 Å². The molecule has 0 aliphatic carbocycles. The standard InChI is InChI=1S/C18H23N3O2/c1-13(18(19)22)20-11-14-7-9-16(10-8-14)21-12-15-5-3-4-6-17(15)23-2/h3-10,13,20-21H,11-12H2,1-2H3,(H2,19,22). The summed E-state index contributed by atoms with van der Waals surface area (Å²) in [5.74, 6) is 0.529. The number of carbonyl (C=O) groups is 1. The van der Waals surface area contributed by atoms with Gasteiger partial charge >= 0.3 is 0 Å². The Morgan fingerprint density at radius 1 is 1.13 bits per heavy atom. The van der Waals surface area contributed by atoms with Crippen molar-refractivity contribution >= 4 is 11.6 Å². The van der Waals surface area contributed by atoms with Crippen LogP contribution in [0.3, 0.4) is 0 Å². The summed E-state index contributed by atoms with van der Waals surface area (Å²) in [7, 11) is 1.67. The molecule has 2 rings (SSSR count). The molecule has 0 saturated carbocycles. The van der Waals surface area contributed by atoms with E-state index in [1.807, 2.05) is 48.5 Å². The molecular weight excluding hydrogens is 290 g/mol. The Morgan fingerprint density at radius 3 is 2.48 bits per heavy atom. The van der Waals surface area contributed by atoms with Gasteiger partial charge in [-0.15, -0.1) is 0 Å². The average Bonchev–Trinajstić information content (AvgIpc) is 2.58. The first-order valence-electron chi connectivity index (χ1n) is 7.57. The van der Waals surface area contributed by atoms with Gasteiger partial charge in [-0.2, -0.15) is 0 Å². The van der Waals surface area contributed by atoms with Crippen LogP contribution in [-0.2, 0) is 17.9 Å². The number of carbonyl (C=O) groups excluding carboxylic acids is 1. The minimum atomic E-state index is -0.347. The van der Waals surface area contributed by atoms with Crippen molar-refractivity contribution in [1.29, 1.82) is 0 Å². The first kappa shape index (κ1) is 16.8. The number of methoxy groups -OCH3 is 1. The molecule has 0 heterocycles. The summed E-state index contributed by atoms with van der Waals surface area (Å²) in [6.07, 6.45) is 0. The van der Waals surface area contributed by atoms with Gasteiger partial charge in [0.15, 0.2) is 0 Å². The van der Waals surface area contributed by atoms with Crippen LogP contribution in [-0.4, -0.2) is 19.1 Å². The van der Waals surface area contributed by atoms with Gasteiger partial charge in [-0.25, -0.2) is 0 Å². The third-order valence-electron chi connectivity index (χ3n) is 3.67. The monoisotopic (exact) mass is 313 g/mol. The molecule has 122 valence electrons. The second kappa shape index (κ2) is 8.19. The number of nitrogens with two attached hydrogens (primary N) is 1. The zero-order chi connectivity index (χ0) is 16.7. The Hall–Kier alpha value is -2.53. The second-order valence-electron chi connectivity index (χ2n) is 5.37. The highest BCUT2D eigenvalue weighted by atomic mass is 16.5. The highest BCUT2D eigenvalue weighted by molar-refractivity contribution is 5.79. The lowest BCUT2D eigenvalue weighted by molar-refractivity contribution is -0.119. The highest BCUT2D eigenvalue weighted by Gasteiger charge is 2.07. The van der Waals surface area contributed by atoms with E-state index in [0.717, 1.165) is 22.6 Å². The summed E-state index contributed by atoms with van der Waals surface area (Å²) in [5, 5.41) is 6.45. The Balaban J connectivity index is 1.89. The summed E-state index contributed by atoms with van der Waals surface area (Å²) in [6.45, 7) is 3.06. The summed E-state index contributed by atoms with van der Waals surface area (Å²) in [5.41, 5.74) is 8.46. The van der Waals surface area contributed by atoms with Gasteiger partial charge in [0.1, 0.15) is 5.75 Å². The number of hydrogen-bond donors (Lipinski definition) is 3. The molecule has 23 heavy (non-hydrogen) atoms. The topological polar surface area (TPSA) is 76.4 Å². The Kier molecular flexibility index (Phi) is 6.00. The predicted molar refractivity (Wildman–Crippen MR) is 92.3 cm³/mol. The molecule has 0 spiro atoms. The molecule has 0 saturated heterocycles. The molecule has 2 aromatic rings. The number of hydrogen-bond acceptors (Lipinski definition) is 4. The Labute approximate surface area is 136 Å². The summed E-state index contributed by atoms with van der Waals surface area (Å²) in [4.78, 5) is 11.0. The van der Waals surface area contributed by atoms with Crippen molar-refractivity contribution in [3.05, 3.63) is 59.7 Å². The molecule has 5 nitrogen and oxygen atoms in total. The molecule has 0 bridgehead atoms. The van der Waals surface area contributed by atoms with E-state index in [2.05, 4.69) is 10.6 Å². The minimum Gasteiger partial charge on any atom is -0.496 e. The van der Waals surface area contributed by atoms with Crippen LogP contribution in [0.15, 0.2) is 48.5 Å². The van der Waals surface area contributed by atoms with Crippen molar-refractivity contribution < 1.29 is 9.53 Å². The zero-order valence-corrected chi connectivity index (χ0v) is 13.5. The lowest BCUT2D eigenvalue weighted by Gasteiger charge is -2.12.